The van der Waals surface area contributed by atoms with Crippen LogP contribution in [0.15, 0.2) is 39.7 Å². The first-order chi connectivity index (χ1) is 12.5. The third-order valence-electron chi connectivity index (χ3n) is 4.09. The maximum Gasteiger partial charge on any atom is 0.282 e. The van der Waals surface area contributed by atoms with E-state index in [0.717, 1.165) is 5.56 Å². The first-order valence-corrected chi connectivity index (χ1v) is 8.85. The highest BCUT2D eigenvalue weighted by Crippen LogP contribution is 2.17. The van der Waals surface area contributed by atoms with Crippen LogP contribution in [0.5, 0.6) is 0 Å². The Hall–Kier alpha value is -2.68. The van der Waals surface area contributed by atoms with E-state index in [1.54, 1.807) is 25.4 Å². The van der Waals surface area contributed by atoms with E-state index in [0.29, 0.717) is 35.4 Å². The van der Waals surface area contributed by atoms with Crippen molar-refractivity contribution in [1.29, 1.82) is 0 Å². The summed E-state index contributed by atoms with van der Waals surface area (Å²) in [7, 11) is 1.58. The Morgan fingerprint density at radius 2 is 2.04 bits per heavy atom. The van der Waals surface area contributed by atoms with Crippen molar-refractivity contribution < 1.29 is 9.59 Å². The maximum absolute atomic E-state index is 12.4. The summed E-state index contributed by atoms with van der Waals surface area (Å²) in [4.78, 5) is 37.2. The minimum absolute atomic E-state index is 0.0894. The predicted molar refractivity (Wildman–Crippen MR) is 99.9 cm³/mol. The maximum atomic E-state index is 12.4. The van der Waals surface area contributed by atoms with Crippen molar-refractivity contribution >= 4 is 33.4 Å². The van der Waals surface area contributed by atoms with Crippen molar-refractivity contribution in [2.45, 2.75) is 6.54 Å². The quantitative estimate of drug-likeness (QED) is 0.761. The van der Waals surface area contributed by atoms with Gasteiger partial charge >= 0.3 is 0 Å². The van der Waals surface area contributed by atoms with Gasteiger partial charge in [0.25, 0.3) is 11.5 Å². The van der Waals surface area contributed by atoms with Gasteiger partial charge < -0.3 is 15.5 Å². The molecule has 1 aromatic heterocycles. The van der Waals surface area contributed by atoms with Gasteiger partial charge in [0.05, 0.1) is 18.4 Å². The summed E-state index contributed by atoms with van der Waals surface area (Å²) >= 11 is 3.27. The number of aryl methyl sites for hydroxylation is 1. The molecule has 8 nitrogen and oxygen atoms in total. The topological polar surface area (TPSA) is 96.3 Å². The number of halogens is 1. The minimum Gasteiger partial charge on any atom is -0.379 e. The number of nitrogens with one attached hydrogen (secondary N) is 2. The van der Waals surface area contributed by atoms with E-state index in [-0.39, 0.29) is 23.9 Å². The Kier molecular flexibility index (Phi) is 5.36. The lowest BCUT2D eigenvalue weighted by Gasteiger charge is -2.26. The number of anilines is 1. The molecule has 0 unspecified atom stereocenters. The summed E-state index contributed by atoms with van der Waals surface area (Å²) in [5.74, 6) is -0.295. The first kappa shape index (κ1) is 18.1. The lowest BCUT2D eigenvalue weighted by atomic mass is 10.1. The summed E-state index contributed by atoms with van der Waals surface area (Å²) in [5, 5.41) is 9.82. The molecule has 0 bridgehead atoms. The smallest absolute Gasteiger partial charge is 0.282 e. The molecule has 1 saturated heterocycles. The third-order valence-corrected chi connectivity index (χ3v) is 4.85. The molecule has 136 valence electrons. The largest absolute Gasteiger partial charge is 0.379 e. The van der Waals surface area contributed by atoms with Crippen LogP contribution in [0.25, 0.3) is 0 Å². The molecule has 0 radical (unpaired) electrons. The average molecular weight is 420 g/mol. The second-order valence-electron chi connectivity index (χ2n) is 5.93. The molecule has 3 rings (SSSR count). The zero-order valence-corrected chi connectivity index (χ0v) is 15.7. The van der Waals surface area contributed by atoms with Crippen LogP contribution in [0.4, 0.5) is 5.69 Å². The number of nitrogens with zero attached hydrogens (tertiary/aromatic N) is 3. The normalized spacial score (nSPS) is 14.1. The van der Waals surface area contributed by atoms with E-state index in [2.05, 4.69) is 31.7 Å². The molecular formula is C17H18BrN5O3. The van der Waals surface area contributed by atoms with Crippen molar-refractivity contribution in [3.05, 3.63) is 56.4 Å². The fourth-order valence-corrected chi connectivity index (χ4v) is 3.09. The standard InChI is InChI=1S/C17H18BrN5O3/c1-22-17(26)15(18)13(9-21-22)20-8-11-2-4-12(5-3-11)16(25)23-7-6-19-14(24)10-23/h2-5,9,20H,6-8,10H2,1H3,(H,19,24). The molecule has 9 heteroatoms. The summed E-state index contributed by atoms with van der Waals surface area (Å²) < 4.78 is 1.67. The van der Waals surface area contributed by atoms with Crippen LogP contribution in [0.2, 0.25) is 0 Å². The molecule has 1 fully saturated rings. The molecule has 26 heavy (non-hydrogen) atoms. The van der Waals surface area contributed by atoms with E-state index in [1.165, 1.54) is 9.58 Å². The summed E-state index contributed by atoms with van der Waals surface area (Å²) in [6.07, 6.45) is 1.57. The van der Waals surface area contributed by atoms with Gasteiger partial charge in [-0.15, -0.1) is 0 Å². The van der Waals surface area contributed by atoms with Gasteiger partial charge in [0.15, 0.2) is 0 Å². The average Bonchev–Trinajstić information content (AvgIpc) is 2.65. The molecule has 1 aromatic carbocycles. The number of amides is 2. The van der Waals surface area contributed by atoms with Gasteiger partial charge in [-0.3, -0.25) is 14.4 Å². The molecule has 0 atom stereocenters. The minimum atomic E-state index is -0.221. The van der Waals surface area contributed by atoms with Gasteiger partial charge in [-0.05, 0) is 33.6 Å². The van der Waals surface area contributed by atoms with Gasteiger partial charge in [-0.25, -0.2) is 4.68 Å². The number of piperazine rings is 1. The summed E-state index contributed by atoms with van der Waals surface area (Å²) in [5.41, 5.74) is 1.87. The van der Waals surface area contributed by atoms with Gasteiger partial charge in [0.2, 0.25) is 5.91 Å². The highest BCUT2D eigenvalue weighted by atomic mass is 79.9. The van der Waals surface area contributed by atoms with Crippen LogP contribution in [-0.4, -0.2) is 46.1 Å². The molecule has 2 N–H and O–H groups in total. The van der Waals surface area contributed by atoms with E-state index >= 15 is 0 Å². The van der Waals surface area contributed by atoms with Crippen molar-refractivity contribution in [3.8, 4) is 0 Å². The number of aromatic nitrogens is 2. The lowest BCUT2D eigenvalue weighted by Crippen LogP contribution is -2.49. The van der Waals surface area contributed by atoms with Gasteiger partial charge in [0, 0.05) is 32.2 Å². The van der Waals surface area contributed by atoms with E-state index in [9.17, 15) is 14.4 Å². The Balaban J connectivity index is 1.65. The molecule has 2 heterocycles. The number of hydrogen-bond donors (Lipinski definition) is 2. The Morgan fingerprint density at radius 1 is 1.31 bits per heavy atom. The lowest BCUT2D eigenvalue weighted by molar-refractivity contribution is -0.123. The SMILES string of the molecule is Cn1ncc(NCc2ccc(C(=O)N3CCNC(=O)C3)cc2)c(Br)c1=O. The first-order valence-electron chi connectivity index (χ1n) is 8.06. The van der Waals surface area contributed by atoms with E-state index in [1.807, 2.05) is 12.1 Å². The van der Waals surface area contributed by atoms with Crippen LogP contribution in [0.1, 0.15) is 15.9 Å². The predicted octanol–water partition coefficient (Wildman–Crippen LogP) is 0.727. The van der Waals surface area contributed by atoms with Crippen LogP contribution in [0.3, 0.4) is 0 Å². The van der Waals surface area contributed by atoms with Gasteiger partial charge in [0.1, 0.15) is 4.47 Å². The van der Waals surface area contributed by atoms with Crippen LogP contribution < -0.4 is 16.2 Å². The zero-order chi connectivity index (χ0) is 18.7. The monoisotopic (exact) mass is 419 g/mol. The highest BCUT2D eigenvalue weighted by Gasteiger charge is 2.22. The molecule has 2 aromatic rings. The molecule has 0 saturated carbocycles. The second kappa shape index (κ2) is 7.69. The van der Waals surface area contributed by atoms with Crippen molar-refractivity contribution in [2.24, 2.45) is 7.05 Å². The van der Waals surface area contributed by atoms with Crippen molar-refractivity contribution in [3.63, 3.8) is 0 Å². The van der Waals surface area contributed by atoms with Crippen LogP contribution in [-0.2, 0) is 18.4 Å². The van der Waals surface area contributed by atoms with Gasteiger partial charge in [-0.2, -0.15) is 5.10 Å². The number of carbonyl (C=O) groups excluding carboxylic acids is 2. The van der Waals surface area contributed by atoms with E-state index in [4.69, 9.17) is 0 Å². The second-order valence-corrected chi connectivity index (χ2v) is 6.72. The summed E-state index contributed by atoms with van der Waals surface area (Å²) in [6.45, 7) is 1.56. The fourth-order valence-electron chi connectivity index (χ4n) is 2.59. The molecule has 0 aliphatic carbocycles. The number of benzene rings is 1. The third kappa shape index (κ3) is 3.93. The molecule has 0 spiro atoms. The Morgan fingerprint density at radius 3 is 2.73 bits per heavy atom. The van der Waals surface area contributed by atoms with Crippen LogP contribution in [0, 0.1) is 0 Å². The number of carbonyl (C=O) groups is 2. The molecular weight excluding hydrogens is 402 g/mol. The Labute approximate surface area is 158 Å². The Bertz CT molecular complexity index is 894. The highest BCUT2D eigenvalue weighted by molar-refractivity contribution is 9.10. The van der Waals surface area contributed by atoms with E-state index < -0.39 is 0 Å². The van der Waals surface area contributed by atoms with Crippen molar-refractivity contribution in [2.75, 3.05) is 25.0 Å². The number of rotatable bonds is 4. The van der Waals surface area contributed by atoms with Crippen LogP contribution >= 0.6 is 15.9 Å². The molecule has 1 aliphatic rings. The molecule has 1 aliphatic heterocycles. The van der Waals surface area contributed by atoms with Gasteiger partial charge in [-0.1, -0.05) is 12.1 Å². The fraction of sp³-hybridized carbons (Fsp3) is 0.294. The zero-order valence-electron chi connectivity index (χ0n) is 14.2. The summed E-state index contributed by atoms with van der Waals surface area (Å²) in [6, 6.07) is 7.16. The molecule has 2 amide bonds. The number of hydrogen-bond acceptors (Lipinski definition) is 5. The van der Waals surface area contributed by atoms with Crippen molar-refractivity contribution in [1.82, 2.24) is 20.0 Å².